The number of benzene rings is 1. The first kappa shape index (κ1) is 18.3. The maximum absolute atomic E-state index is 13.1. The van der Waals surface area contributed by atoms with Gasteiger partial charge in [0.05, 0.1) is 12.3 Å². The number of rotatable bonds is 4. The second kappa shape index (κ2) is 8.31. The molecule has 3 heterocycles. The Bertz CT molecular complexity index is 761. The third-order valence-corrected chi connectivity index (χ3v) is 5.42. The maximum atomic E-state index is 13.1. The Balaban J connectivity index is 1.42. The molecule has 0 unspecified atom stereocenters. The first-order valence-corrected chi connectivity index (χ1v) is 9.82. The van der Waals surface area contributed by atoms with Crippen molar-refractivity contribution in [2.24, 2.45) is 0 Å². The summed E-state index contributed by atoms with van der Waals surface area (Å²) in [6, 6.07) is 8.99. The second-order valence-corrected chi connectivity index (χ2v) is 7.50. The molecular formula is C21H27FN4O. The Hall–Kier alpha value is -2.05. The monoisotopic (exact) mass is 370 g/mol. The lowest BCUT2D eigenvalue weighted by atomic mass is 10.0. The van der Waals surface area contributed by atoms with Crippen molar-refractivity contribution in [2.75, 3.05) is 44.3 Å². The maximum Gasteiger partial charge on any atom is 0.132 e. The average molecular weight is 370 g/mol. The minimum Gasteiger partial charge on any atom is -0.381 e. The molecular weight excluding hydrogens is 343 g/mol. The van der Waals surface area contributed by atoms with Crippen LogP contribution in [0.2, 0.25) is 0 Å². The highest BCUT2D eigenvalue weighted by atomic mass is 19.1. The van der Waals surface area contributed by atoms with E-state index in [9.17, 15) is 4.39 Å². The number of hydrogen-bond acceptors (Lipinski definition) is 5. The zero-order valence-electron chi connectivity index (χ0n) is 15.9. The second-order valence-electron chi connectivity index (χ2n) is 7.50. The Morgan fingerprint density at radius 2 is 1.96 bits per heavy atom. The van der Waals surface area contributed by atoms with Gasteiger partial charge in [-0.2, -0.15) is 0 Å². The van der Waals surface area contributed by atoms with E-state index in [0.29, 0.717) is 5.92 Å². The van der Waals surface area contributed by atoms with Crippen LogP contribution in [0.25, 0.3) is 0 Å². The van der Waals surface area contributed by atoms with Gasteiger partial charge in [-0.1, -0.05) is 12.1 Å². The number of ether oxygens (including phenoxy) is 1. The molecule has 6 heteroatoms. The molecule has 2 aliphatic rings. The molecule has 0 amide bonds. The first-order chi connectivity index (χ1) is 13.2. The number of aryl methyl sites for hydroxylation is 1. The number of hydrogen-bond donors (Lipinski definition) is 0. The van der Waals surface area contributed by atoms with Crippen molar-refractivity contribution in [2.45, 2.75) is 32.2 Å². The lowest BCUT2D eigenvalue weighted by Gasteiger charge is -2.24. The fourth-order valence-corrected chi connectivity index (χ4v) is 3.92. The molecule has 2 fully saturated rings. The average Bonchev–Trinajstić information content (AvgIpc) is 3.10. The molecule has 0 saturated carbocycles. The Labute approximate surface area is 160 Å². The van der Waals surface area contributed by atoms with Crippen molar-refractivity contribution in [3.8, 4) is 0 Å². The van der Waals surface area contributed by atoms with E-state index in [0.717, 1.165) is 81.7 Å². The van der Waals surface area contributed by atoms with Crippen LogP contribution < -0.4 is 4.90 Å². The molecule has 0 aliphatic carbocycles. The van der Waals surface area contributed by atoms with Crippen molar-refractivity contribution >= 4 is 5.82 Å². The van der Waals surface area contributed by atoms with Gasteiger partial charge in [-0.05, 0) is 37.5 Å². The summed E-state index contributed by atoms with van der Waals surface area (Å²) in [6.07, 6.45) is 2.13. The van der Waals surface area contributed by atoms with Gasteiger partial charge in [-0.25, -0.2) is 14.4 Å². The number of nitrogens with zero attached hydrogens (tertiary/aromatic N) is 4. The van der Waals surface area contributed by atoms with Crippen molar-refractivity contribution < 1.29 is 9.13 Å². The molecule has 5 nitrogen and oxygen atoms in total. The van der Waals surface area contributed by atoms with E-state index in [2.05, 4.69) is 20.9 Å². The Morgan fingerprint density at radius 3 is 2.74 bits per heavy atom. The van der Waals surface area contributed by atoms with Gasteiger partial charge in [0.15, 0.2) is 0 Å². The summed E-state index contributed by atoms with van der Waals surface area (Å²) >= 11 is 0. The van der Waals surface area contributed by atoms with E-state index in [1.165, 1.54) is 12.1 Å². The third-order valence-electron chi connectivity index (χ3n) is 5.42. The molecule has 1 aromatic heterocycles. The lowest BCUT2D eigenvalue weighted by molar-refractivity contribution is 0.193. The molecule has 4 rings (SSSR count). The van der Waals surface area contributed by atoms with Gasteiger partial charge in [-0.3, -0.25) is 4.90 Å². The zero-order chi connectivity index (χ0) is 18.6. The third kappa shape index (κ3) is 4.62. The normalized spacial score (nSPS) is 21.4. The van der Waals surface area contributed by atoms with Gasteiger partial charge in [-0.15, -0.1) is 0 Å². The van der Waals surface area contributed by atoms with Crippen LogP contribution >= 0.6 is 0 Å². The van der Waals surface area contributed by atoms with E-state index >= 15 is 0 Å². The van der Waals surface area contributed by atoms with Crippen LogP contribution in [0.4, 0.5) is 10.2 Å². The van der Waals surface area contributed by atoms with Crippen LogP contribution in [-0.2, 0) is 11.3 Å². The van der Waals surface area contributed by atoms with Gasteiger partial charge in [0.1, 0.15) is 17.5 Å². The van der Waals surface area contributed by atoms with Crippen LogP contribution in [0, 0.1) is 12.7 Å². The summed E-state index contributed by atoms with van der Waals surface area (Å²) in [5.74, 6) is 2.09. The van der Waals surface area contributed by atoms with Gasteiger partial charge >= 0.3 is 0 Å². The van der Waals surface area contributed by atoms with Gasteiger partial charge in [0, 0.05) is 51.3 Å². The van der Waals surface area contributed by atoms with E-state index in [1.807, 2.05) is 19.1 Å². The fourth-order valence-electron chi connectivity index (χ4n) is 3.92. The summed E-state index contributed by atoms with van der Waals surface area (Å²) < 4.78 is 18.6. The molecule has 1 atom stereocenters. The van der Waals surface area contributed by atoms with Crippen molar-refractivity contribution in [1.82, 2.24) is 14.9 Å². The van der Waals surface area contributed by atoms with Crippen molar-refractivity contribution in [1.29, 1.82) is 0 Å². The molecule has 2 aliphatic heterocycles. The minimum atomic E-state index is -0.177. The molecule has 2 aromatic rings. The molecule has 144 valence electrons. The summed E-state index contributed by atoms with van der Waals surface area (Å²) in [5.41, 5.74) is 2.27. The quantitative estimate of drug-likeness (QED) is 0.827. The van der Waals surface area contributed by atoms with Gasteiger partial charge < -0.3 is 9.64 Å². The van der Waals surface area contributed by atoms with Gasteiger partial charge in [0.2, 0.25) is 0 Å². The highest BCUT2D eigenvalue weighted by molar-refractivity contribution is 5.41. The van der Waals surface area contributed by atoms with Crippen LogP contribution in [0.3, 0.4) is 0 Å². The smallest absolute Gasteiger partial charge is 0.132 e. The van der Waals surface area contributed by atoms with Crippen molar-refractivity contribution in [3.05, 3.63) is 53.2 Å². The molecule has 0 bridgehead atoms. The zero-order valence-corrected chi connectivity index (χ0v) is 15.9. The standard InChI is InChI=1S/C21H27FN4O/c1-16-23-20(18-7-12-27-15-18)13-21(24-16)26-9-2-8-25(10-11-26)14-17-3-5-19(22)6-4-17/h3-6,13,18H,2,7-12,14-15H2,1H3/t18-/m0/s1. The minimum absolute atomic E-state index is 0.177. The topological polar surface area (TPSA) is 41.5 Å². The number of anilines is 1. The number of halogens is 1. The summed E-state index contributed by atoms with van der Waals surface area (Å²) in [6.45, 7) is 8.38. The molecule has 0 spiro atoms. The highest BCUT2D eigenvalue weighted by Gasteiger charge is 2.22. The largest absolute Gasteiger partial charge is 0.381 e. The molecule has 2 saturated heterocycles. The van der Waals surface area contributed by atoms with E-state index in [1.54, 1.807) is 0 Å². The van der Waals surface area contributed by atoms with Crippen molar-refractivity contribution in [3.63, 3.8) is 0 Å². The SMILES string of the molecule is Cc1nc([C@H]2CCOC2)cc(N2CCCN(Cc3ccc(F)cc3)CC2)n1. The van der Waals surface area contributed by atoms with Crippen LogP contribution in [-0.4, -0.2) is 54.3 Å². The number of aromatic nitrogens is 2. The van der Waals surface area contributed by atoms with E-state index in [4.69, 9.17) is 9.72 Å². The fraction of sp³-hybridized carbons (Fsp3) is 0.524. The highest BCUT2D eigenvalue weighted by Crippen LogP contribution is 2.26. The molecule has 1 aromatic carbocycles. The lowest BCUT2D eigenvalue weighted by Crippen LogP contribution is -2.31. The molecule has 27 heavy (non-hydrogen) atoms. The molecule has 0 N–H and O–H groups in total. The van der Waals surface area contributed by atoms with E-state index in [-0.39, 0.29) is 5.82 Å². The summed E-state index contributed by atoms with van der Waals surface area (Å²) in [7, 11) is 0. The summed E-state index contributed by atoms with van der Waals surface area (Å²) in [4.78, 5) is 14.2. The first-order valence-electron chi connectivity index (χ1n) is 9.82. The predicted octanol–water partition coefficient (Wildman–Crippen LogP) is 3.14. The molecule has 0 radical (unpaired) electrons. The van der Waals surface area contributed by atoms with Crippen LogP contribution in [0.5, 0.6) is 0 Å². The van der Waals surface area contributed by atoms with Crippen LogP contribution in [0.1, 0.15) is 35.8 Å². The Kier molecular flexibility index (Phi) is 5.64. The Morgan fingerprint density at radius 1 is 1.11 bits per heavy atom. The van der Waals surface area contributed by atoms with E-state index < -0.39 is 0 Å². The van der Waals surface area contributed by atoms with Gasteiger partial charge in [0.25, 0.3) is 0 Å². The predicted molar refractivity (Wildman–Crippen MR) is 103 cm³/mol. The van der Waals surface area contributed by atoms with Crippen LogP contribution in [0.15, 0.2) is 30.3 Å². The summed E-state index contributed by atoms with van der Waals surface area (Å²) in [5, 5.41) is 0.